The molecule has 0 bridgehead atoms. The fourth-order valence-electron chi connectivity index (χ4n) is 3.37. The molecule has 2 N–H and O–H groups in total. The first-order chi connectivity index (χ1) is 8.75. The average Bonchev–Trinajstić information content (AvgIpc) is 2.90. The second-order valence-electron chi connectivity index (χ2n) is 6.15. The average molecular weight is 252 g/mol. The van der Waals surface area contributed by atoms with Crippen LogP contribution in [0.2, 0.25) is 0 Å². The number of hydrogen-bond donors (Lipinski definition) is 2. The normalized spacial score (nSPS) is 27.1. The van der Waals surface area contributed by atoms with Gasteiger partial charge >= 0.3 is 0 Å². The van der Waals surface area contributed by atoms with Crippen molar-refractivity contribution >= 4 is 5.91 Å². The Morgan fingerprint density at radius 3 is 2.72 bits per heavy atom. The molecule has 1 unspecified atom stereocenters. The van der Waals surface area contributed by atoms with Crippen molar-refractivity contribution in [2.75, 3.05) is 13.1 Å². The van der Waals surface area contributed by atoms with Crippen LogP contribution >= 0.6 is 0 Å². The first-order valence-electron chi connectivity index (χ1n) is 7.76. The van der Waals surface area contributed by atoms with E-state index in [1.165, 1.54) is 38.5 Å². The molecule has 104 valence electrons. The van der Waals surface area contributed by atoms with E-state index in [0.717, 1.165) is 31.3 Å². The smallest absolute Gasteiger partial charge is 0.220 e. The van der Waals surface area contributed by atoms with Crippen molar-refractivity contribution in [1.29, 1.82) is 0 Å². The zero-order chi connectivity index (χ0) is 12.8. The van der Waals surface area contributed by atoms with Crippen molar-refractivity contribution < 1.29 is 4.79 Å². The van der Waals surface area contributed by atoms with Gasteiger partial charge in [0.05, 0.1) is 0 Å². The maximum Gasteiger partial charge on any atom is 0.220 e. The maximum absolute atomic E-state index is 11.9. The van der Waals surface area contributed by atoms with Gasteiger partial charge in [-0.05, 0) is 57.5 Å². The van der Waals surface area contributed by atoms with Gasteiger partial charge < -0.3 is 10.6 Å². The van der Waals surface area contributed by atoms with Gasteiger partial charge in [-0.1, -0.05) is 19.3 Å². The second kappa shape index (κ2) is 7.13. The highest BCUT2D eigenvalue weighted by atomic mass is 16.1. The van der Waals surface area contributed by atoms with Crippen LogP contribution < -0.4 is 10.6 Å². The highest BCUT2D eigenvalue weighted by molar-refractivity contribution is 5.76. The molecule has 1 aliphatic carbocycles. The summed E-state index contributed by atoms with van der Waals surface area (Å²) in [6.07, 6.45) is 9.68. The van der Waals surface area contributed by atoms with Crippen LogP contribution in [-0.2, 0) is 4.79 Å². The summed E-state index contributed by atoms with van der Waals surface area (Å²) in [7, 11) is 0. The van der Waals surface area contributed by atoms with Crippen LogP contribution in [0.5, 0.6) is 0 Å². The predicted octanol–water partition coefficient (Wildman–Crippen LogP) is 2.46. The monoisotopic (exact) mass is 252 g/mol. The van der Waals surface area contributed by atoms with Gasteiger partial charge in [-0.15, -0.1) is 0 Å². The fraction of sp³-hybridized carbons (Fsp3) is 0.933. The quantitative estimate of drug-likeness (QED) is 0.789. The molecule has 1 saturated carbocycles. The Hall–Kier alpha value is -0.570. The van der Waals surface area contributed by atoms with E-state index in [1.807, 2.05) is 0 Å². The van der Waals surface area contributed by atoms with Crippen LogP contribution in [-0.4, -0.2) is 25.0 Å². The summed E-state index contributed by atoms with van der Waals surface area (Å²) in [5, 5.41) is 6.57. The van der Waals surface area contributed by atoms with Crippen LogP contribution in [0.1, 0.15) is 58.3 Å². The molecule has 2 aliphatic rings. The highest BCUT2D eigenvalue weighted by Gasteiger charge is 2.22. The predicted molar refractivity (Wildman–Crippen MR) is 74.4 cm³/mol. The van der Waals surface area contributed by atoms with E-state index >= 15 is 0 Å². The third-order valence-electron chi connectivity index (χ3n) is 4.69. The van der Waals surface area contributed by atoms with Crippen molar-refractivity contribution in [3.63, 3.8) is 0 Å². The number of hydrogen-bond acceptors (Lipinski definition) is 2. The van der Waals surface area contributed by atoms with E-state index in [2.05, 4.69) is 17.6 Å². The molecule has 18 heavy (non-hydrogen) atoms. The van der Waals surface area contributed by atoms with Crippen LogP contribution in [0.25, 0.3) is 0 Å². The topological polar surface area (TPSA) is 41.1 Å². The lowest BCUT2D eigenvalue weighted by atomic mass is 9.84. The summed E-state index contributed by atoms with van der Waals surface area (Å²) in [5.41, 5.74) is 0. The Morgan fingerprint density at radius 2 is 2.06 bits per heavy atom. The van der Waals surface area contributed by atoms with Crippen molar-refractivity contribution in [2.24, 2.45) is 11.8 Å². The van der Waals surface area contributed by atoms with Crippen molar-refractivity contribution in [3.05, 3.63) is 0 Å². The molecule has 0 spiro atoms. The summed E-state index contributed by atoms with van der Waals surface area (Å²) < 4.78 is 0. The van der Waals surface area contributed by atoms with Crippen LogP contribution in [0.4, 0.5) is 0 Å². The van der Waals surface area contributed by atoms with E-state index < -0.39 is 0 Å². The van der Waals surface area contributed by atoms with Gasteiger partial charge in [0.1, 0.15) is 0 Å². The first kappa shape index (κ1) is 13.9. The standard InChI is InChI=1S/C15H28N2O/c1-12(14-5-3-2-4-6-14)17-15(18)8-7-13-9-10-16-11-13/h12-14,16H,2-11H2,1H3,(H,17,18)/t12-,13?/m0/s1. The molecule has 0 radical (unpaired) electrons. The number of amides is 1. The summed E-state index contributed by atoms with van der Waals surface area (Å²) >= 11 is 0. The molecular weight excluding hydrogens is 224 g/mol. The number of nitrogens with one attached hydrogen (secondary N) is 2. The van der Waals surface area contributed by atoms with Gasteiger partial charge in [-0.2, -0.15) is 0 Å². The summed E-state index contributed by atoms with van der Waals surface area (Å²) in [4.78, 5) is 11.9. The SMILES string of the molecule is C[C@H](NC(=O)CCC1CCNC1)C1CCCCC1. The lowest BCUT2D eigenvalue weighted by Gasteiger charge is -2.28. The number of rotatable bonds is 5. The minimum Gasteiger partial charge on any atom is -0.353 e. The minimum absolute atomic E-state index is 0.264. The van der Waals surface area contributed by atoms with Crippen LogP contribution in [0.15, 0.2) is 0 Å². The van der Waals surface area contributed by atoms with Gasteiger partial charge in [-0.25, -0.2) is 0 Å². The Kier molecular flexibility index (Phi) is 5.48. The van der Waals surface area contributed by atoms with Crippen molar-refractivity contribution in [2.45, 2.75) is 64.3 Å². The lowest BCUT2D eigenvalue weighted by molar-refractivity contribution is -0.122. The Balaban J connectivity index is 1.62. The number of carbonyl (C=O) groups is 1. The van der Waals surface area contributed by atoms with Gasteiger partial charge in [0.2, 0.25) is 5.91 Å². The Labute approximate surface area is 111 Å². The number of carbonyl (C=O) groups excluding carboxylic acids is 1. The summed E-state index contributed by atoms with van der Waals surface area (Å²) in [6.45, 7) is 4.42. The van der Waals surface area contributed by atoms with E-state index in [4.69, 9.17) is 0 Å². The van der Waals surface area contributed by atoms with E-state index in [-0.39, 0.29) is 5.91 Å². The molecule has 2 rings (SSSR count). The zero-order valence-electron chi connectivity index (χ0n) is 11.7. The Bertz CT molecular complexity index is 255. The molecule has 0 aromatic rings. The zero-order valence-corrected chi connectivity index (χ0v) is 11.7. The fourth-order valence-corrected chi connectivity index (χ4v) is 3.37. The molecule has 1 saturated heterocycles. The minimum atomic E-state index is 0.264. The summed E-state index contributed by atoms with van der Waals surface area (Å²) in [5.74, 6) is 1.71. The van der Waals surface area contributed by atoms with Crippen LogP contribution in [0.3, 0.4) is 0 Å². The largest absolute Gasteiger partial charge is 0.353 e. The van der Waals surface area contributed by atoms with Gasteiger partial charge in [0.15, 0.2) is 0 Å². The molecule has 1 aliphatic heterocycles. The second-order valence-corrected chi connectivity index (χ2v) is 6.15. The van der Waals surface area contributed by atoms with E-state index in [9.17, 15) is 4.79 Å². The Morgan fingerprint density at radius 1 is 1.28 bits per heavy atom. The van der Waals surface area contributed by atoms with E-state index in [0.29, 0.717) is 12.5 Å². The van der Waals surface area contributed by atoms with Crippen LogP contribution in [0, 0.1) is 11.8 Å². The highest BCUT2D eigenvalue weighted by Crippen LogP contribution is 2.26. The molecule has 0 aromatic heterocycles. The molecule has 0 aromatic carbocycles. The molecule has 3 heteroatoms. The molecule has 2 atom stereocenters. The third kappa shape index (κ3) is 4.27. The van der Waals surface area contributed by atoms with Gasteiger partial charge in [0, 0.05) is 12.5 Å². The first-order valence-corrected chi connectivity index (χ1v) is 7.76. The lowest BCUT2D eigenvalue weighted by Crippen LogP contribution is -2.38. The third-order valence-corrected chi connectivity index (χ3v) is 4.69. The maximum atomic E-state index is 11.9. The molecule has 2 fully saturated rings. The van der Waals surface area contributed by atoms with Crippen molar-refractivity contribution in [1.82, 2.24) is 10.6 Å². The molecule has 1 heterocycles. The van der Waals surface area contributed by atoms with E-state index in [1.54, 1.807) is 0 Å². The molecular formula is C15H28N2O. The van der Waals surface area contributed by atoms with Gasteiger partial charge in [-0.3, -0.25) is 4.79 Å². The summed E-state index contributed by atoms with van der Waals surface area (Å²) in [6, 6.07) is 0.375. The van der Waals surface area contributed by atoms with Crippen molar-refractivity contribution in [3.8, 4) is 0 Å². The van der Waals surface area contributed by atoms with Gasteiger partial charge in [0.25, 0.3) is 0 Å². The molecule has 3 nitrogen and oxygen atoms in total. The molecule has 1 amide bonds.